The minimum atomic E-state index is -4.68. The molecule has 2 amide bonds. The normalized spacial score (nSPS) is 14.3. The second-order valence-electron chi connectivity index (χ2n) is 5.96. The lowest BCUT2D eigenvalue weighted by atomic mass is 10.1. The molecule has 0 spiro atoms. The van der Waals surface area contributed by atoms with Crippen molar-refractivity contribution in [1.82, 2.24) is 20.1 Å². The number of nitrogens with zero attached hydrogens (tertiary/aromatic N) is 4. The van der Waals surface area contributed by atoms with Crippen molar-refractivity contribution in [3.05, 3.63) is 35.7 Å². The van der Waals surface area contributed by atoms with Gasteiger partial charge in [-0.3, -0.25) is 4.84 Å². The highest BCUT2D eigenvalue weighted by Gasteiger charge is 2.38. The molecular weight excluding hydrogens is 353 g/mol. The molecule has 26 heavy (non-hydrogen) atoms. The minimum absolute atomic E-state index is 0.156. The van der Waals surface area contributed by atoms with Gasteiger partial charge in [-0.2, -0.15) is 23.2 Å². The smallest absolute Gasteiger partial charge is 0.329 e. The topological polar surface area (TPSA) is 71.7 Å². The zero-order valence-corrected chi connectivity index (χ0v) is 14.2. The number of rotatable bonds is 5. The maximum Gasteiger partial charge on any atom is 0.471 e. The van der Waals surface area contributed by atoms with Gasteiger partial charge in [0.25, 0.3) is 0 Å². The molecule has 10 heteroatoms. The van der Waals surface area contributed by atoms with Crippen molar-refractivity contribution in [3.63, 3.8) is 0 Å². The number of hydrogen-bond donors (Lipinski definition) is 0. The van der Waals surface area contributed by atoms with Crippen molar-refractivity contribution in [2.24, 2.45) is 0 Å². The predicted octanol–water partition coefficient (Wildman–Crippen LogP) is 3.33. The van der Waals surface area contributed by atoms with Crippen molar-refractivity contribution >= 4 is 6.03 Å². The fourth-order valence-corrected chi connectivity index (χ4v) is 2.39. The minimum Gasteiger partial charge on any atom is -0.329 e. The van der Waals surface area contributed by atoms with Gasteiger partial charge in [0.2, 0.25) is 5.82 Å². The Morgan fingerprint density at radius 3 is 2.46 bits per heavy atom. The molecule has 140 valence electrons. The number of benzene rings is 1. The van der Waals surface area contributed by atoms with Crippen LogP contribution in [0.5, 0.6) is 0 Å². The first-order valence-corrected chi connectivity index (χ1v) is 7.88. The molecular formula is C16H17F3N4O3. The number of carbonyl (C=O) groups is 1. The van der Waals surface area contributed by atoms with Gasteiger partial charge in [-0.15, -0.1) is 0 Å². The number of alkyl halides is 3. The van der Waals surface area contributed by atoms with E-state index in [0.717, 1.165) is 18.4 Å². The van der Waals surface area contributed by atoms with Crippen molar-refractivity contribution in [3.8, 4) is 11.4 Å². The maximum absolute atomic E-state index is 12.5. The number of amides is 2. The molecule has 0 atom stereocenters. The molecule has 1 aliphatic rings. The average Bonchev–Trinajstić information content (AvgIpc) is 3.33. The highest BCUT2D eigenvalue weighted by Crippen LogP contribution is 2.29. The van der Waals surface area contributed by atoms with Crippen molar-refractivity contribution < 1.29 is 27.3 Å². The van der Waals surface area contributed by atoms with E-state index in [2.05, 4.69) is 14.7 Å². The van der Waals surface area contributed by atoms with Crippen molar-refractivity contribution in [2.75, 3.05) is 14.2 Å². The van der Waals surface area contributed by atoms with Gasteiger partial charge in [0.15, 0.2) is 0 Å². The van der Waals surface area contributed by atoms with Gasteiger partial charge in [0.1, 0.15) is 0 Å². The molecule has 0 aliphatic heterocycles. The molecule has 0 unspecified atom stereocenters. The molecule has 1 fully saturated rings. The summed E-state index contributed by atoms with van der Waals surface area (Å²) in [7, 11) is 3.13. The van der Waals surface area contributed by atoms with Crippen LogP contribution in [0.25, 0.3) is 11.4 Å². The molecule has 0 N–H and O–H groups in total. The Kier molecular flexibility index (Phi) is 4.86. The highest BCUT2D eigenvalue weighted by atomic mass is 19.4. The zero-order chi connectivity index (χ0) is 18.9. The summed E-state index contributed by atoms with van der Waals surface area (Å²) >= 11 is 0. The van der Waals surface area contributed by atoms with Crippen LogP contribution in [0.4, 0.5) is 18.0 Å². The molecule has 1 saturated carbocycles. The molecule has 0 saturated heterocycles. The fraction of sp³-hybridized carbons (Fsp3) is 0.438. The third-order valence-corrected chi connectivity index (χ3v) is 4.04. The first kappa shape index (κ1) is 18.2. The number of carbonyl (C=O) groups excluding carboxylic acids is 1. The standard InChI is InChI=1S/C16H17F3N4O3/c1-22(12-7-8-12)15(24)23(25-2)9-10-3-5-11(6-4-10)13-20-14(26-21-13)16(17,18)19/h3-6,12H,7-9H2,1-2H3. The zero-order valence-electron chi connectivity index (χ0n) is 14.2. The largest absolute Gasteiger partial charge is 0.471 e. The average molecular weight is 370 g/mol. The van der Waals surface area contributed by atoms with Crippen LogP contribution >= 0.6 is 0 Å². The Hall–Kier alpha value is -2.62. The summed E-state index contributed by atoms with van der Waals surface area (Å²) in [5, 5.41) is 4.56. The lowest BCUT2D eigenvalue weighted by Crippen LogP contribution is -2.41. The Morgan fingerprint density at radius 1 is 1.31 bits per heavy atom. The van der Waals surface area contributed by atoms with Crippen LogP contribution in [0.3, 0.4) is 0 Å². The monoisotopic (exact) mass is 370 g/mol. The van der Waals surface area contributed by atoms with Crippen LogP contribution < -0.4 is 0 Å². The third kappa shape index (κ3) is 3.96. The quantitative estimate of drug-likeness (QED) is 0.755. The Morgan fingerprint density at radius 2 is 1.96 bits per heavy atom. The number of aromatic nitrogens is 2. The van der Waals surface area contributed by atoms with E-state index in [1.165, 1.54) is 12.2 Å². The Balaban J connectivity index is 1.68. The van der Waals surface area contributed by atoms with E-state index in [9.17, 15) is 18.0 Å². The molecule has 0 radical (unpaired) electrons. The van der Waals surface area contributed by atoms with Gasteiger partial charge in [-0.1, -0.05) is 29.4 Å². The van der Waals surface area contributed by atoms with Crippen LogP contribution in [0.1, 0.15) is 24.3 Å². The molecule has 0 bridgehead atoms. The lowest BCUT2D eigenvalue weighted by Gasteiger charge is -2.26. The van der Waals surface area contributed by atoms with Crippen LogP contribution in [0, 0.1) is 0 Å². The first-order chi connectivity index (χ1) is 12.3. The summed E-state index contributed by atoms with van der Waals surface area (Å²) in [5.41, 5.74) is 1.12. The molecule has 7 nitrogen and oxygen atoms in total. The van der Waals surface area contributed by atoms with Crippen molar-refractivity contribution in [1.29, 1.82) is 0 Å². The number of hydroxylamine groups is 2. The molecule has 1 aromatic heterocycles. The number of hydrogen-bond acceptors (Lipinski definition) is 5. The number of halogens is 3. The van der Waals surface area contributed by atoms with Crippen LogP contribution in [0.2, 0.25) is 0 Å². The van der Waals surface area contributed by atoms with E-state index >= 15 is 0 Å². The van der Waals surface area contributed by atoms with Gasteiger partial charge in [-0.25, -0.2) is 4.79 Å². The molecule has 1 aromatic carbocycles. The summed E-state index contributed by atoms with van der Waals surface area (Å²) < 4.78 is 41.8. The lowest BCUT2D eigenvalue weighted by molar-refractivity contribution is -0.159. The van der Waals surface area contributed by atoms with E-state index in [0.29, 0.717) is 5.56 Å². The van der Waals surface area contributed by atoms with Gasteiger partial charge in [0, 0.05) is 18.7 Å². The molecule has 3 rings (SSSR count). The maximum atomic E-state index is 12.5. The molecule has 2 aromatic rings. The van der Waals surface area contributed by atoms with Gasteiger partial charge in [0.05, 0.1) is 13.7 Å². The molecule has 1 aliphatic carbocycles. The third-order valence-electron chi connectivity index (χ3n) is 4.04. The van der Waals surface area contributed by atoms with Gasteiger partial charge < -0.3 is 9.42 Å². The second kappa shape index (κ2) is 6.94. The summed E-state index contributed by atoms with van der Waals surface area (Å²) in [5.74, 6) is -1.55. The van der Waals surface area contributed by atoms with E-state index in [1.54, 1.807) is 36.2 Å². The van der Waals surface area contributed by atoms with E-state index < -0.39 is 12.1 Å². The summed E-state index contributed by atoms with van der Waals surface area (Å²) in [6.45, 7) is 0.201. The van der Waals surface area contributed by atoms with E-state index in [-0.39, 0.29) is 24.4 Å². The summed E-state index contributed by atoms with van der Waals surface area (Å²) in [6.07, 6.45) is -2.71. The van der Waals surface area contributed by atoms with Crippen LogP contribution in [0.15, 0.2) is 28.8 Å². The second-order valence-corrected chi connectivity index (χ2v) is 5.96. The van der Waals surface area contributed by atoms with Crippen LogP contribution in [-0.2, 0) is 17.6 Å². The summed E-state index contributed by atoms with van der Waals surface area (Å²) in [6, 6.07) is 6.45. The Labute approximate surface area is 147 Å². The van der Waals surface area contributed by atoms with E-state index in [4.69, 9.17) is 4.84 Å². The van der Waals surface area contributed by atoms with Crippen LogP contribution in [-0.4, -0.2) is 46.3 Å². The first-order valence-electron chi connectivity index (χ1n) is 7.88. The molecule has 1 heterocycles. The summed E-state index contributed by atoms with van der Waals surface area (Å²) in [4.78, 5) is 22.5. The van der Waals surface area contributed by atoms with Gasteiger partial charge in [-0.05, 0) is 18.4 Å². The van der Waals surface area contributed by atoms with Gasteiger partial charge >= 0.3 is 18.1 Å². The number of urea groups is 1. The Bertz CT molecular complexity index is 772. The predicted molar refractivity (Wildman–Crippen MR) is 83.5 cm³/mol. The van der Waals surface area contributed by atoms with Crippen molar-refractivity contribution in [2.45, 2.75) is 31.6 Å². The fourth-order valence-electron chi connectivity index (χ4n) is 2.39. The SMILES string of the molecule is CON(Cc1ccc(-c2noc(C(F)(F)F)n2)cc1)C(=O)N(C)C1CC1. The highest BCUT2D eigenvalue weighted by molar-refractivity contribution is 5.73. The van der Waals surface area contributed by atoms with E-state index in [1.807, 2.05) is 0 Å².